The van der Waals surface area contributed by atoms with E-state index in [0.717, 1.165) is 24.2 Å². The van der Waals surface area contributed by atoms with Crippen molar-refractivity contribution in [1.82, 2.24) is 0 Å². The van der Waals surface area contributed by atoms with Gasteiger partial charge in [0.1, 0.15) is 0 Å². The van der Waals surface area contributed by atoms with Gasteiger partial charge in [0.2, 0.25) is 0 Å². The lowest BCUT2D eigenvalue weighted by molar-refractivity contribution is 0.0615. The van der Waals surface area contributed by atoms with Crippen molar-refractivity contribution in [3.05, 3.63) is 34.6 Å². The fourth-order valence-electron chi connectivity index (χ4n) is 6.55. The molecule has 4 aliphatic rings. The van der Waals surface area contributed by atoms with E-state index in [1.165, 1.54) is 63.5 Å². The molecule has 132 valence electrons. The average molecular weight is 327 g/mol. The van der Waals surface area contributed by atoms with E-state index in [0.29, 0.717) is 5.41 Å². The van der Waals surface area contributed by atoms with Gasteiger partial charge in [0.05, 0.1) is 12.9 Å². The van der Waals surface area contributed by atoms with E-state index in [4.69, 9.17) is 4.74 Å². The van der Waals surface area contributed by atoms with Crippen LogP contribution in [0.3, 0.4) is 0 Å². The molecule has 2 saturated carbocycles. The summed E-state index contributed by atoms with van der Waals surface area (Å²) >= 11 is 0. The molecule has 4 atom stereocenters. The summed E-state index contributed by atoms with van der Waals surface area (Å²) in [6.45, 7) is 4.92. The topological polar surface area (TPSA) is 9.23 Å². The molecule has 0 aliphatic heterocycles. The van der Waals surface area contributed by atoms with Gasteiger partial charge in [0.15, 0.2) is 0 Å². The summed E-state index contributed by atoms with van der Waals surface area (Å²) in [5, 5.41) is 0. The molecule has 0 heterocycles. The highest BCUT2D eigenvalue weighted by atomic mass is 16.5. The molecule has 1 nitrogen and oxygen atoms in total. The molecule has 3 unspecified atom stereocenters. The Hall–Kier alpha value is -0.980. The molecule has 2 fully saturated rings. The van der Waals surface area contributed by atoms with Crippen LogP contribution in [0.25, 0.3) is 0 Å². The fourth-order valence-corrected chi connectivity index (χ4v) is 6.55. The standard InChI is InChI=1S/C23H34O/c1-4-5-6-17-8-12-22-21-10-7-16-15-18(24-3)9-11-19(16)20(21)13-14-23(17,22)2/h6,9,20-22H,4-5,7-8,10-15H2,1-3H3/t20?,21?,22?,23-/m1/s1. The zero-order valence-corrected chi connectivity index (χ0v) is 15.9. The van der Waals surface area contributed by atoms with E-state index < -0.39 is 0 Å². The van der Waals surface area contributed by atoms with Gasteiger partial charge in [-0.2, -0.15) is 0 Å². The molecule has 0 amide bonds. The summed E-state index contributed by atoms with van der Waals surface area (Å²) in [5.41, 5.74) is 5.90. The summed E-state index contributed by atoms with van der Waals surface area (Å²) in [6, 6.07) is 0. The molecule has 0 N–H and O–H groups in total. The predicted molar refractivity (Wildman–Crippen MR) is 101 cm³/mol. The van der Waals surface area contributed by atoms with Crippen LogP contribution in [0.4, 0.5) is 0 Å². The minimum absolute atomic E-state index is 0.524. The first-order valence-corrected chi connectivity index (χ1v) is 10.3. The first kappa shape index (κ1) is 16.5. The lowest BCUT2D eigenvalue weighted by Gasteiger charge is -2.51. The van der Waals surface area contributed by atoms with E-state index in [1.54, 1.807) is 5.57 Å². The van der Waals surface area contributed by atoms with Gasteiger partial charge in [-0.15, -0.1) is 0 Å². The highest BCUT2D eigenvalue weighted by molar-refractivity contribution is 5.34. The number of fused-ring (bicyclic) bond motifs is 4. The van der Waals surface area contributed by atoms with Crippen LogP contribution in [-0.4, -0.2) is 7.11 Å². The SMILES string of the molecule is CCCC=C1CCC2C3CCC4=C(CC=C(OC)C4)C3CC[C@]12C. The van der Waals surface area contributed by atoms with E-state index in [9.17, 15) is 0 Å². The Morgan fingerprint density at radius 3 is 2.92 bits per heavy atom. The summed E-state index contributed by atoms with van der Waals surface area (Å²) in [6.07, 6.45) is 18.3. The minimum Gasteiger partial charge on any atom is -0.501 e. The Labute approximate surface area is 148 Å². The van der Waals surface area contributed by atoms with Crippen molar-refractivity contribution in [2.45, 2.75) is 78.1 Å². The van der Waals surface area contributed by atoms with Crippen molar-refractivity contribution in [2.75, 3.05) is 7.11 Å². The van der Waals surface area contributed by atoms with Gasteiger partial charge < -0.3 is 4.74 Å². The van der Waals surface area contributed by atoms with E-state index in [1.807, 2.05) is 18.3 Å². The van der Waals surface area contributed by atoms with Crippen LogP contribution < -0.4 is 0 Å². The Morgan fingerprint density at radius 2 is 2.12 bits per heavy atom. The molecule has 0 saturated heterocycles. The van der Waals surface area contributed by atoms with Gasteiger partial charge in [-0.1, -0.05) is 43.1 Å². The Bertz CT molecular complexity index is 593. The number of unbranched alkanes of at least 4 members (excludes halogenated alkanes) is 1. The second kappa shape index (κ2) is 6.39. The Morgan fingerprint density at radius 1 is 1.25 bits per heavy atom. The zero-order chi connectivity index (χ0) is 16.7. The van der Waals surface area contributed by atoms with Crippen molar-refractivity contribution >= 4 is 0 Å². The van der Waals surface area contributed by atoms with E-state index in [2.05, 4.69) is 26.0 Å². The molecule has 4 aliphatic carbocycles. The monoisotopic (exact) mass is 326 g/mol. The van der Waals surface area contributed by atoms with Crippen LogP contribution in [-0.2, 0) is 4.74 Å². The van der Waals surface area contributed by atoms with Crippen LogP contribution in [0.15, 0.2) is 34.6 Å². The smallest absolute Gasteiger partial charge is 0.0959 e. The number of hydrogen-bond donors (Lipinski definition) is 0. The largest absolute Gasteiger partial charge is 0.501 e. The molecular formula is C23H34O. The molecule has 0 aromatic heterocycles. The van der Waals surface area contributed by atoms with Gasteiger partial charge in [-0.3, -0.25) is 0 Å². The average Bonchev–Trinajstić information content (AvgIpc) is 2.95. The number of hydrogen-bond acceptors (Lipinski definition) is 1. The third kappa shape index (κ3) is 2.50. The Kier molecular flexibility index (Phi) is 4.39. The van der Waals surface area contributed by atoms with Gasteiger partial charge in [0, 0.05) is 6.42 Å². The normalized spacial score (nSPS) is 40.0. The molecule has 0 aromatic rings. The van der Waals surface area contributed by atoms with Crippen LogP contribution in [0, 0.1) is 23.2 Å². The molecule has 4 rings (SSSR count). The first-order chi connectivity index (χ1) is 11.7. The highest BCUT2D eigenvalue weighted by Gasteiger charge is 2.52. The lowest BCUT2D eigenvalue weighted by Crippen LogP contribution is -2.41. The van der Waals surface area contributed by atoms with Crippen molar-refractivity contribution in [3.8, 4) is 0 Å². The molecular weight excluding hydrogens is 292 g/mol. The van der Waals surface area contributed by atoms with Crippen molar-refractivity contribution in [3.63, 3.8) is 0 Å². The number of methoxy groups -OCH3 is 1. The molecule has 0 aromatic carbocycles. The second-order valence-electron chi connectivity index (χ2n) is 8.81. The van der Waals surface area contributed by atoms with Crippen molar-refractivity contribution < 1.29 is 4.74 Å². The van der Waals surface area contributed by atoms with Crippen LogP contribution in [0.2, 0.25) is 0 Å². The van der Waals surface area contributed by atoms with Crippen molar-refractivity contribution in [2.24, 2.45) is 23.2 Å². The molecule has 1 heteroatoms. The summed E-state index contributed by atoms with van der Waals surface area (Å²) < 4.78 is 5.53. The van der Waals surface area contributed by atoms with Crippen molar-refractivity contribution in [1.29, 1.82) is 0 Å². The molecule has 24 heavy (non-hydrogen) atoms. The van der Waals surface area contributed by atoms with Gasteiger partial charge in [-0.25, -0.2) is 0 Å². The maximum absolute atomic E-state index is 5.53. The van der Waals surface area contributed by atoms with E-state index in [-0.39, 0.29) is 0 Å². The quantitative estimate of drug-likeness (QED) is 0.533. The van der Waals surface area contributed by atoms with Crippen LogP contribution >= 0.6 is 0 Å². The number of rotatable bonds is 3. The minimum atomic E-state index is 0.524. The third-order valence-corrected chi connectivity index (χ3v) is 7.84. The molecule has 0 radical (unpaired) electrons. The zero-order valence-electron chi connectivity index (χ0n) is 15.9. The summed E-state index contributed by atoms with van der Waals surface area (Å²) in [5.74, 6) is 3.99. The van der Waals surface area contributed by atoms with Crippen LogP contribution in [0.5, 0.6) is 0 Å². The molecule has 0 bridgehead atoms. The maximum Gasteiger partial charge on any atom is 0.0959 e. The lowest BCUT2D eigenvalue weighted by atomic mass is 9.54. The maximum atomic E-state index is 5.53. The summed E-state index contributed by atoms with van der Waals surface area (Å²) in [4.78, 5) is 0. The third-order valence-electron chi connectivity index (χ3n) is 7.84. The fraction of sp³-hybridized carbons (Fsp3) is 0.739. The first-order valence-electron chi connectivity index (χ1n) is 10.3. The number of allylic oxidation sites excluding steroid dienone is 5. The molecule has 0 spiro atoms. The van der Waals surface area contributed by atoms with Gasteiger partial charge in [0.25, 0.3) is 0 Å². The van der Waals surface area contributed by atoms with Crippen LogP contribution in [0.1, 0.15) is 78.1 Å². The van der Waals surface area contributed by atoms with E-state index >= 15 is 0 Å². The highest BCUT2D eigenvalue weighted by Crippen LogP contribution is 2.62. The Balaban J connectivity index is 1.57. The second-order valence-corrected chi connectivity index (χ2v) is 8.81. The van der Waals surface area contributed by atoms with Gasteiger partial charge >= 0.3 is 0 Å². The summed E-state index contributed by atoms with van der Waals surface area (Å²) in [7, 11) is 1.83. The predicted octanol–water partition coefficient (Wildman–Crippen LogP) is 6.57. The van der Waals surface area contributed by atoms with Gasteiger partial charge in [-0.05, 0) is 80.6 Å². The number of ether oxygens (including phenoxy) is 1.